The molecule has 1 aromatic rings. The highest BCUT2D eigenvalue weighted by atomic mass is 127. The van der Waals surface area contributed by atoms with Gasteiger partial charge < -0.3 is 0 Å². The van der Waals surface area contributed by atoms with Crippen molar-refractivity contribution in [1.82, 2.24) is 4.98 Å². The number of alkyl halides is 2. The summed E-state index contributed by atoms with van der Waals surface area (Å²) < 4.78 is 36.4. The second kappa shape index (κ2) is 3.38. The molecule has 0 saturated heterocycles. The van der Waals surface area contributed by atoms with Gasteiger partial charge in [0.2, 0.25) is 0 Å². The summed E-state index contributed by atoms with van der Waals surface area (Å²) in [5.41, 5.74) is -0.369. The van der Waals surface area contributed by atoms with E-state index in [0.29, 0.717) is 0 Å². The fourth-order valence-corrected chi connectivity index (χ4v) is 1.26. The fraction of sp³-hybridized carbons (Fsp3) is 0.167. The SMILES string of the molecule is Fc1cnc(C(F)F)c(I)c1. The Hall–Kier alpha value is -0.330. The molecule has 11 heavy (non-hydrogen) atoms. The number of pyridine rings is 1. The molecule has 0 bridgehead atoms. The van der Waals surface area contributed by atoms with E-state index in [2.05, 4.69) is 4.98 Å². The van der Waals surface area contributed by atoms with E-state index in [-0.39, 0.29) is 9.26 Å². The molecule has 60 valence electrons. The number of rotatable bonds is 1. The molecular formula is C6H3F3IN. The summed E-state index contributed by atoms with van der Waals surface area (Å²) in [5, 5.41) is 0. The van der Waals surface area contributed by atoms with Crippen molar-refractivity contribution in [1.29, 1.82) is 0 Å². The van der Waals surface area contributed by atoms with Gasteiger partial charge in [0.1, 0.15) is 11.5 Å². The Morgan fingerprint density at radius 2 is 2.09 bits per heavy atom. The third-order valence-electron chi connectivity index (χ3n) is 1.04. The van der Waals surface area contributed by atoms with Gasteiger partial charge in [0.05, 0.1) is 6.20 Å². The largest absolute Gasteiger partial charge is 0.281 e. The smallest absolute Gasteiger partial charge is 0.251 e. The predicted molar refractivity (Wildman–Crippen MR) is 41.9 cm³/mol. The highest BCUT2D eigenvalue weighted by Crippen LogP contribution is 2.21. The maximum atomic E-state index is 12.3. The van der Waals surface area contributed by atoms with Gasteiger partial charge in [-0.3, -0.25) is 4.98 Å². The lowest BCUT2D eigenvalue weighted by Gasteiger charge is -2.00. The number of nitrogens with zero attached hydrogens (tertiary/aromatic N) is 1. The Bertz CT molecular complexity index is 264. The molecule has 1 aromatic heterocycles. The van der Waals surface area contributed by atoms with Crippen molar-refractivity contribution in [3.05, 3.63) is 27.3 Å². The molecular weight excluding hydrogens is 270 g/mol. The van der Waals surface area contributed by atoms with Crippen LogP contribution in [0.1, 0.15) is 12.1 Å². The lowest BCUT2D eigenvalue weighted by Crippen LogP contribution is -1.94. The lowest BCUT2D eigenvalue weighted by atomic mass is 10.3. The number of hydrogen-bond acceptors (Lipinski definition) is 1. The fourth-order valence-electron chi connectivity index (χ4n) is 0.586. The minimum Gasteiger partial charge on any atom is -0.251 e. The maximum Gasteiger partial charge on any atom is 0.281 e. The van der Waals surface area contributed by atoms with Crippen LogP contribution in [0.2, 0.25) is 0 Å². The highest BCUT2D eigenvalue weighted by molar-refractivity contribution is 14.1. The van der Waals surface area contributed by atoms with Crippen LogP contribution in [-0.4, -0.2) is 4.98 Å². The van der Waals surface area contributed by atoms with Crippen molar-refractivity contribution in [3.8, 4) is 0 Å². The minimum atomic E-state index is -2.64. The van der Waals surface area contributed by atoms with Crippen LogP contribution in [0.15, 0.2) is 12.3 Å². The molecule has 0 saturated carbocycles. The Morgan fingerprint density at radius 3 is 2.55 bits per heavy atom. The summed E-state index contributed by atoms with van der Waals surface area (Å²) in [7, 11) is 0. The van der Waals surface area contributed by atoms with Crippen LogP contribution in [0.5, 0.6) is 0 Å². The molecule has 0 aromatic carbocycles. The van der Waals surface area contributed by atoms with Gasteiger partial charge in [-0.25, -0.2) is 13.2 Å². The van der Waals surface area contributed by atoms with E-state index in [9.17, 15) is 13.2 Å². The zero-order chi connectivity index (χ0) is 8.43. The maximum absolute atomic E-state index is 12.3. The Balaban J connectivity index is 3.09. The molecule has 0 radical (unpaired) electrons. The van der Waals surface area contributed by atoms with E-state index in [4.69, 9.17) is 0 Å². The zero-order valence-electron chi connectivity index (χ0n) is 5.19. The van der Waals surface area contributed by atoms with Crippen LogP contribution in [0.3, 0.4) is 0 Å². The predicted octanol–water partition coefficient (Wildman–Crippen LogP) is 2.76. The third-order valence-corrected chi connectivity index (χ3v) is 1.91. The first-order valence-corrected chi connectivity index (χ1v) is 3.78. The van der Waals surface area contributed by atoms with Crippen LogP contribution in [0, 0.1) is 9.39 Å². The molecule has 0 aliphatic carbocycles. The molecule has 0 fully saturated rings. The molecule has 0 atom stereocenters. The van der Waals surface area contributed by atoms with Gasteiger partial charge in [-0.15, -0.1) is 0 Å². The van der Waals surface area contributed by atoms with E-state index in [1.54, 1.807) is 22.6 Å². The molecule has 0 aliphatic rings. The molecule has 0 spiro atoms. The van der Waals surface area contributed by atoms with Crippen LogP contribution in [0.4, 0.5) is 13.2 Å². The average molecular weight is 273 g/mol. The van der Waals surface area contributed by atoms with Gasteiger partial charge in [0, 0.05) is 3.57 Å². The van der Waals surface area contributed by atoms with Crippen molar-refractivity contribution >= 4 is 22.6 Å². The second-order valence-electron chi connectivity index (χ2n) is 1.82. The molecule has 0 aliphatic heterocycles. The van der Waals surface area contributed by atoms with Gasteiger partial charge >= 0.3 is 0 Å². The summed E-state index contributed by atoms with van der Waals surface area (Å²) >= 11 is 1.62. The summed E-state index contributed by atoms with van der Waals surface area (Å²) in [6.07, 6.45) is -1.86. The molecule has 1 nitrogen and oxygen atoms in total. The molecule has 1 heterocycles. The first-order chi connectivity index (χ1) is 5.11. The van der Waals surface area contributed by atoms with Gasteiger partial charge in [-0.1, -0.05) is 0 Å². The molecule has 1 rings (SSSR count). The number of hydrogen-bond donors (Lipinski definition) is 0. The topological polar surface area (TPSA) is 12.9 Å². The zero-order valence-corrected chi connectivity index (χ0v) is 7.35. The highest BCUT2D eigenvalue weighted by Gasteiger charge is 2.12. The van der Waals surface area contributed by atoms with Gasteiger partial charge in [-0.2, -0.15) is 0 Å². The summed E-state index contributed by atoms with van der Waals surface area (Å²) in [6, 6.07) is 1.02. The quantitative estimate of drug-likeness (QED) is 0.717. The lowest BCUT2D eigenvalue weighted by molar-refractivity contribution is 0.145. The van der Waals surface area contributed by atoms with Crippen LogP contribution in [-0.2, 0) is 0 Å². The van der Waals surface area contributed by atoms with Crippen molar-refractivity contribution in [2.45, 2.75) is 6.43 Å². The number of halogens is 4. The van der Waals surface area contributed by atoms with E-state index >= 15 is 0 Å². The monoisotopic (exact) mass is 273 g/mol. The van der Waals surface area contributed by atoms with E-state index in [1.165, 1.54) is 0 Å². The first-order valence-electron chi connectivity index (χ1n) is 2.70. The first kappa shape index (κ1) is 8.76. The van der Waals surface area contributed by atoms with Crippen molar-refractivity contribution in [2.75, 3.05) is 0 Å². The standard InChI is InChI=1S/C6H3F3IN/c7-3-1-4(10)5(6(8)9)11-2-3/h1-2,6H. The summed E-state index contributed by atoms with van der Waals surface area (Å²) in [4.78, 5) is 3.24. The van der Waals surface area contributed by atoms with E-state index in [1.807, 2.05) is 0 Å². The second-order valence-corrected chi connectivity index (χ2v) is 2.98. The van der Waals surface area contributed by atoms with Crippen molar-refractivity contribution < 1.29 is 13.2 Å². The molecule has 5 heteroatoms. The molecule has 0 N–H and O–H groups in total. The van der Waals surface area contributed by atoms with Crippen molar-refractivity contribution in [3.63, 3.8) is 0 Å². The van der Waals surface area contributed by atoms with Crippen molar-refractivity contribution in [2.24, 2.45) is 0 Å². The van der Waals surface area contributed by atoms with Crippen LogP contribution >= 0.6 is 22.6 Å². The molecule has 0 unspecified atom stereocenters. The minimum absolute atomic E-state index is 0.151. The third kappa shape index (κ3) is 2.05. The van der Waals surface area contributed by atoms with Gasteiger partial charge in [-0.05, 0) is 28.7 Å². The summed E-state index contributed by atoms with van der Waals surface area (Å²) in [6.45, 7) is 0. The Labute approximate surface area is 74.8 Å². The van der Waals surface area contributed by atoms with E-state index in [0.717, 1.165) is 12.3 Å². The average Bonchev–Trinajstić information content (AvgIpc) is 1.85. The summed E-state index contributed by atoms with van der Waals surface area (Å²) in [5.74, 6) is -0.598. The Morgan fingerprint density at radius 1 is 1.45 bits per heavy atom. The Kier molecular flexibility index (Phi) is 2.69. The van der Waals surface area contributed by atoms with Crippen LogP contribution < -0.4 is 0 Å². The van der Waals surface area contributed by atoms with E-state index < -0.39 is 12.2 Å². The van der Waals surface area contributed by atoms with Gasteiger partial charge in [0.15, 0.2) is 0 Å². The normalized spacial score (nSPS) is 10.6. The van der Waals surface area contributed by atoms with Crippen LogP contribution in [0.25, 0.3) is 0 Å². The number of aromatic nitrogens is 1. The molecule has 0 amide bonds. The van der Waals surface area contributed by atoms with Gasteiger partial charge in [0.25, 0.3) is 6.43 Å².